The Labute approximate surface area is 466 Å². The highest BCUT2D eigenvalue weighted by molar-refractivity contribution is 6.21. The van der Waals surface area contributed by atoms with E-state index in [1.54, 1.807) is 12.1 Å². The summed E-state index contributed by atoms with van der Waals surface area (Å²) in [4.78, 5) is 93.0. The normalized spacial score (nSPS) is 18.5. The number of aromatic amines is 1. The number of H-pyrrole nitrogens is 1. The number of aliphatic carboxylic acids is 1. The molecule has 0 saturated carbocycles. The number of aromatic nitrogens is 4. The predicted molar refractivity (Wildman–Crippen MR) is 307 cm³/mol. The Bertz CT molecular complexity index is 3620. The second kappa shape index (κ2) is 24.8. The van der Waals surface area contributed by atoms with Gasteiger partial charge in [-0.1, -0.05) is 25.5 Å². The average Bonchev–Trinajstić information content (AvgIpc) is 4.24. The minimum Gasteiger partial charge on any atom is -0.511 e. The van der Waals surface area contributed by atoms with Gasteiger partial charge in [0.25, 0.3) is 11.5 Å². The average molecular weight is 1100 g/mol. The number of nitrogens with zero attached hydrogens (tertiary/aromatic N) is 6. The van der Waals surface area contributed by atoms with E-state index in [1.165, 1.54) is 18.3 Å². The van der Waals surface area contributed by atoms with Crippen molar-refractivity contribution < 1.29 is 38.9 Å². The summed E-state index contributed by atoms with van der Waals surface area (Å²) in [5.41, 5.74) is 19.1. The summed E-state index contributed by atoms with van der Waals surface area (Å²) in [7, 11) is 0. The number of nitrogen functional groups attached to an aromatic ring is 1. The number of terminal acetylenes is 1. The number of hydrogen-bond acceptors (Lipinski definition) is 17. The summed E-state index contributed by atoms with van der Waals surface area (Å²) < 4.78 is 11.3. The highest BCUT2D eigenvalue weighted by Gasteiger charge is 2.42. The minimum atomic E-state index is -1.32. The third-order valence-corrected chi connectivity index (χ3v) is 14.7. The maximum absolute atomic E-state index is 13.4. The van der Waals surface area contributed by atoms with Crippen LogP contribution in [0.2, 0.25) is 0 Å². The third kappa shape index (κ3) is 12.4. The van der Waals surface area contributed by atoms with Crippen LogP contribution in [0.5, 0.6) is 0 Å². The number of aliphatic hydroxyl groups excluding tert-OH is 1. The molecule has 5 aliphatic heterocycles. The summed E-state index contributed by atoms with van der Waals surface area (Å²) in [5.74, 6) is -0.0691. The van der Waals surface area contributed by atoms with Gasteiger partial charge >= 0.3 is 5.97 Å². The molecule has 22 heteroatoms. The monoisotopic (exact) mass is 1100 g/mol. The van der Waals surface area contributed by atoms with Gasteiger partial charge in [0.1, 0.15) is 11.8 Å². The van der Waals surface area contributed by atoms with Crippen LogP contribution in [0.15, 0.2) is 154 Å². The lowest BCUT2D eigenvalue weighted by atomic mass is 9.85. The lowest BCUT2D eigenvalue weighted by molar-refractivity contribution is -0.139. The Morgan fingerprint density at radius 2 is 1.63 bits per heavy atom. The Balaban J connectivity index is 0.697. The molecule has 1 unspecified atom stereocenters. The van der Waals surface area contributed by atoms with Gasteiger partial charge < -0.3 is 52.0 Å². The first-order valence-electron chi connectivity index (χ1n) is 26.7. The van der Waals surface area contributed by atoms with Gasteiger partial charge in [-0.2, -0.15) is 4.98 Å². The third-order valence-electron chi connectivity index (χ3n) is 14.7. The number of nitrogens with two attached hydrogens (primary N) is 1. The molecule has 22 nitrogen and oxygen atoms in total. The lowest BCUT2D eigenvalue weighted by Gasteiger charge is -2.17. The van der Waals surface area contributed by atoms with E-state index in [2.05, 4.69) is 72.9 Å². The number of carboxylic acids is 1. The molecule has 0 radical (unpaired) electrons. The molecule has 3 aromatic rings. The fourth-order valence-electron chi connectivity index (χ4n) is 10.4. The number of aliphatic hydroxyl groups is 1. The zero-order chi connectivity index (χ0) is 57.5. The van der Waals surface area contributed by atoms with Crippen molar-refractivity contribution in [2.24, 2.45) is 26.8 Å². The van der Waals surface area contributed by atoms with Gasteiger partial charge in [0, 0.05) is 77.6 Å². The lowest BCUT2D eigenvalue weighted by Crippen LogP contribution is -2.41. The first-order valence-corrected chi connectivity index (χ1v) is 26.7. The molecule has 3 atom stereocenters. The Hall–Kier alpha value is -9.33. The fraction of sp³-hybridized carbons (Fsp3) is 0.339. The van der Waals surface area contributed by atoms with E-state index in [-0.39, 0.29) is 112 Å². The quantitative estimate of drug-likeness (QED) is 0.0425. The number of rotatable bonds is 23. The summed E-state index contributed by atoms with van der Waals surface area (Å²) >= 11 is 0. The topological polar surface area (TPSA) is 322 Å². The zero-order valence-corrected chi connectivity index (χ0v) is 45.4. The van der Waals surface area contributed by atoms with Crippen molar-refractivity contribution >= 4 is 63.6 Å². The fourth-order valence-corrected chi connectivity index (χ4v) is 10.4. The van der Waals surface area contributed by atoms with Crippen molar-refractivity contribution in [3.8, 4) is 12.3 Å². The van der Waals surface area contributed by atoms with E-state index < -0.39 is 35.3 Å². The number of ether oxygens (including phenoxy) is 2. The van der Waals surface area contributed by atoms with Gasteiger partial charge in [-0.05, 0) is 105 Å². The van der Waals surface area contributed by atoms with Crippen LogP contribution in [0.3, 0.4) is 0 Å². The summed E-state index contributed by atoms with van der Waals surface area (Å²) in [5, 5.41) is 36.1. The zero-order valence-electron chi connectivity index (χ0n) is 45.4. The molecule has 418 valence electrons. The number of anilines is 2. The number of carboxylic acid groups (broad SMARTS) is 1. The largest absolute Gasteiger partial charge is 0.511 e. The minimum absolute atomic E-state index is 0.0428. The van der Waals surface area contributed by atoms with E-state index in [0.717, 1.165) is 79.8 Å². The molecule has 1 aliphatic carbocycles. The van der Waals surface area contributed by atoms with E-state index in [0.29, 0.717) is 29.1 Å². The van der Waals surface area contributed by atoms with E-state index in [9.17, 15) is 34.2 Å². The SMILES string of the molecule is C#C[C@@H]1C2=CC3=NC(=CC4=NC(=CC5=C(C)C6=C(O)CC(=C(N2)[C@H]1CCC(=O)NCCOCCOCCNC(=O)CCC(NC(=O)c1ccc(NCc2cnc7nc(N)[nH]c(=O)c7n2)cc1)C(=O)O)C6=N5)C(CC)=C4C)C(C=C)=C3C. The van der Waals surface area contributed by atoms with Crippen LogP contribution in [0.25, 0.3) is 11.2 Å². The molecule has 9 rings (SSSR count). The molecule has 81 heavy (non-hydrogen) atoms. The molecule has 7 heterocycles. The molecular formula is C59H63N13O9. The Kier molecular flexibility index (Phi) is 17.2. The van der Waals surface area contributed by atoms with Crippen molar-refractivity contribution in [1.29, 1.82) is 0 Å². The van der Waals surface area contributed by atoms with Crippen LogP contribution in [0, 0.1) is 24.2 Å². The van der Waals surface area contributed by atoms with Gasteiger partial charge in [-0.25, -0.2) is 29.7 Å². The number of nitrogens with one attached hydrogen (secondary N) is 6. The number of hydrogen-bond donors (Lipinski definition) is 9. The molecule has 8 bridgehead atoms. The Morgan fingerprint density at radius 3 is 2.32 bits per heavy atom. The number of benzene rings is 1. The van der Waals surface area contributed by atoms with Gasteiger partial charge in [-0.3, -0.25) is 24.2 Å². The van der Waals surface area contributed by atoms with Crippen molar-refractivity contribution in [3.63, 3.8) is 0 Å². The maximum Gasteiger partial charge on any atom is 0.326 e. The highest BCUT2D eigenvalue weighted by atomic mass is 16.5. The summed E-state index contributed by atoms with van der Waals surface area (Å²) in [6, 6.07) is 4.96. The summed E-state index contributed by atoms with van der Waals surface area (Å²) in [6.07, 6.45) is 16.9. The first kappa shape index (κ1) is 56.4. The number of fused-ring (bicyclic) bond motifs is 6. The van der Waals surface area contributed by atoms with E-state index >= 15 is 0 Å². The highest BCUT2D eigenvalue weighted by Crippen LogP contribution is 2.46. The standard InChI is InChI=1S/C59H63N13O9/c1-7-36-31(5)43-26-47-38(9-3)39(52(69-47)40-24-48(73)51-32(6)44(68-53(40)51)27-46-37(8-2)30(4)42(66-46)25-45(36)67-43)14-16-49(74)61-18-20-80-22-23-81-21-19-62-50(75)17-15-41(58(78)79)70-56(76)33-10-12-34(13-11-33)63-28-35-29-64-55-54(65-35)57(77)72-59(60)71-55/h3,7,10-13,25-27,29,38-39,41,63,69,73H,1,8,14-24,28H2,2,4-6H3,(H,61,74)(H,62,75)(H,70,76)(H,78,79)(H3,60,64,71,72,77)/t38-,39-,41?/m0/s1. The van der Waals surface area contributed by atoms with Gasteiger partial charge in [0.2, 0.25) is 17.8 Å². The number of aliphatic imine (C=N–C) groups is 3. The first-order chi connectivity index (χ1) is 39.0. The molecule has 2 aromatic heterocycles. The number of carbonyl (C=O) groups excluding carboxylic acids is 3. The maximum atomic E-state index is 13.4. The molecule has 1 saturated heterocycles. The number of amides is 3. The van der Waals surface area contributed by atoms with Crippen LogP contribution in [-0.2, 0) is 30.4 Å². The van der Waals surface area contributed by atoms with Crippen LogP contribution in [0.1, 0.15) is 82.3 Å². The van der Waals surface area contributed by atoms with Crippen molar-refractivity contribution in [2.45, 2.75) is 78.8 Å². The van der Waals surface area contributed by atoms with Crippen LogP contribution in [-0.4, -0.2) is 117 Å². The van der Waals surface area contributed by atoms with Crippen molar-refractivity contribution in [3.05, 3.63) is 156 Å². The second-order valence-electron chi connectivity index (χ2n) is 19.9. The Morgan fingerprint density at radius 1 is 0.926 bits per heavy atom. The van der Waals surface area contributed by atoms with Crippen molar-refractivity contribution in [2.75, 3.05) is 50.6 Å². The number of carbonyl (C=O) groups is 4. The molecule has 1 fully saturated rings. The van der Waals surface area contributed by atoms with Gasteiger partial charge in [0.05, 0.1) is 85.0 Å². The predicted octanol–water partition coefficient (Wildman–Crippen LogP) is 5.39. The van der Waals surface area contributed by atoms with Crippen LogP contribution >= 0.6 is 0 Å². The molecule has 1 aromatic carbocycles. The smallest absolute Gasteiger partial charge is 0.326 e. The van der Waals surface area contributed by atoms with Crippen molar-refractivity contribution in [1.82, 2.24) is 41.2 Å². The van der Waals surface area contributed by atoms with Gasteiger partial charge in [-0.15, -0.1) is 6.42 Å². The summed E-state index contributed by atoms with van der Waals surface area (Å²) in [6.45, 7) is 13.8. The molecule has 10 N–H and O–H groups in total. The molecule has 0 spiro atoms. The molecule has 3 amide bonds. The van der Waals surface area contributed by atoms with Crippen LogP contribution < -0.4 is 37.9 Å². The van der Waals surface area contributed by atoms with E-state index in [1.807, 2.05) is 38.2 Å². The second-order valence-corrected chi connectivity index (χ2v) is 19.9. The molecular weight excluding hydrogens is 1030 g/mol. The number of allylic oxidation sites excluding steroid dienone is 12. The van der Waals surface area contributed by atoms with Gasteiger partial charge in [0.15, 0.2) is 11.2 Å². The van der Waals surface area contributed by atoms with Crippen LogP contribution in [0.4, 0.5) is 11.6 Å². The van der Waals surface area contributed by atoms with E-state index in [4.69, 9.17) is 36.6 Å². The molecule has 6 aliphatic rings.